The molecule has 1 heterocycles. The van der Waals surface area contributed by atoms with Gasteiger partial charge in [0.15, 0.2) is 0 Å². The summed E-state index contributed by atoms with van der Waals surface area (Å²) >= 11 is 14.1. The summed E-state index contributed by atoms with van der Waals surface area (Å²) in [5, 5.41) is 11.5. The molecule has 0 fully saturated rings. The molecule has 1 unspecified atom stereocenters. The first-order valence-corrected chi connectivity index (χ1v) is 8.58. The maximum atomic E-state index is 10.6. The third-order valence-corrected chi connectivity index (χ3v) is 5.59. The minimum atomic E-state index is -0.735. The van der Waals surface area contributed by atoms with E-state index in [1.165, 1.54) is 16.9 Å². The van der Waals surface area contributed by atoms with E-state index in [0.29, 0.717) is 28.0 Å². The van der Waals surface area contributed by atoms with Gasteiger partial charge in [-0.25, -0.2) is 0 Å². The predicted molar refractivity (Wildman–Crippen MR) is 88.0 cm³/mol. The molecule has 1 aliphatic carbocycles. The van der Waals surface area contributed by atoms with Gasteiger partial charge in [0.05, 0.1) is 16.7 Å². The number of halogens is 2. The van der Waals surface area contributed by atoms with Crippen LogP contribution in [0, 0.1) is 0 Å². The number of fused-ring (bicyclic) bond motifs is 1. The summed E-state index contributed by atoms with van der Waals surface area (Å²) in [5.41, 5.74) is 1.99. The van der Waals surface area contributed by atoms with Crippen LogP contribution in [0.15, 0.2) is 18.2 Å². The Morgan fingerprint density at radius 1 is 1.24 bits per heavy atom. The SMILES string of the molecule is CCOc1cc(Cl)c(C(O)c2cc3c(s2)CCC3)cc1Cl. The number of hydrogen-bond donors (Lipinski definition) is 1. The lowest BCUT2D eigenvalue weighted by molar-refractivity contribution is 0.224. The second kappa shape index (κ2) is 6.17. The molecule has 0 spiro atoms. The molecule has 0 bridgehead atoms. The van der Waals surface area contributed by atoms with Gasteiger partial charge >= 0.3 is 0 Å². The van der Waals surface area contributed by atoms with E-state index in [-0.39, 0.29) is 0 Å². The second-order valence-corrected chi connectivity index (χ2v) is 7.07. The van der Waals surface area contributed by atoms with Crippen molar-refractivity contribution in [2.45, 2.75) is 32.3 Å². The highest BCUT2D eigenvalue weighted by Gasteiger charge is 2.22. The minimum absolute atomic E-state index is 0.472. The fraction of sp³-hybridized carbons (Fsp3) is 0.375. The van der Waals surface area contributed by atoms with Crippen molar-refractivity contribution in [1.82, 2.24) is 0 Å². The van der Waals surface area contributed by atoms with Crippen molar-refractivity contribution >= 4 is 34.5 Å². The first-order valence-electron chi connectivity index (χ1n) is 7.01. The Hall–Kier alpha value is -0.740. The lowest BCUT2D eigenvalue weighted by atomic mass is 10.1. The molecule has 0 radical (unpaired) electrons. The van der Waals surface area contributed by atoms with Crippen molar-refractivity contribution in [3.63, 3.8) is 0 Å². The minimum Gasteiger partial charge on any atom is -0.492 e. The quantitative estimate of drug-likeness (QED) is 0.844. The number of rotatable bonds is 4. The Morgan fingerprint density at radius 3 is 2.76 bits per heavy atom. The molecular formula is C16H16Cl2O2S. The fourth-order valence-corrected chi connectivity index (χ4v) is 4.41. The van der Waals surface area contributed by atoms with Crippen LogP contribution in [-0.4, -0.2) is 11.7 Å². The zero-order valence-electron chi connectivity index (χ0n) is 11.7. The average Bonchev–Trinajstić information content (AvgIpc) is 3.03. The van der Waals surface area contributed by atoms with Crippen LogP contribution >= 0.6 is 34.5 Å². The summed E-state index contributed by atoms with van der Waals surface area (Å²) in [6.45, 7) is 2.41. The lowest BCUT2D eigenvalue weighted by Crippen LogP contribution is -2.00. The zero-order valence-corrected chi connectivity index (χ0v) is 14.0. The molecule has 1 N–H and O–H groups in total. The zero-order chi connectivity index (χ0) is 15.0. The normalized spacial score (nSPS) is 15.0. The molecule has 2 nitrogen and oxygen atoms in total. The Balaban J connectivity index is 1.93. The van der Waals surface area contributed by atoms with E-state index in [9.17, 15) is 5.11 Å². The number of aliphatic hydroxyl groups excluding tert-OH is 1. The van der Waals surface area contributed by atoms with E-state index in [1.54, 1.807) is 23.5 Å². The third-order valence-electron chi connectivity index (χ3n) is 3.68. The molecule has 3 rings (SSSR count). The van der Waals surface area contributed by atoms with Crippen molar-refractivity contribution in [3.8, 4) is 5.75 Å². The highest BCUT2D eigenvalue weighted by atomic mass is 35.5. The number of hydrogen-bond acceptors (Lipinski definition) is 3. The molecule has 1 aromatic heterocycles. The standard InChI is InChI=1S/C16H16Cl2O2S/c1-2-20-13-8-11(17)10(7-12(13)18)16(19)15-6-9-4-3-5-14(9)21-15/h6-8,16,19H,2-5H2,1H3. The summed E-state index contributed by atoms with van der Waals surface area (Å²) in [4.78, 5) is 2.32. The predicted octanol–water partition coefficient (Wildman–Crippen LogP) is 5.02. The van der Waals surface area contributed by atoms with Gasteiger partial charge in [-0.1, -0.05) is 23.2 Å². The summed E-state index contributed by atoms with van der Waals surface area (Å²) in [7, 11) is 0. The van der Waals surface area contributed by atoms with Gasteiger partial charge in [0.1, 0.15) is 11.9 Å². The molecule has 0 saturated heterocycles. The van der Waals surface area contributed by atoms with Crippen molar-refractivity contribution in [3.05, 3.63) is 49.1 Å². The Morgan fingerprint density at radius 2 is 2.05 bits per heavy atom. The van der Waals surface area contributed by atoms with E-state index < -0.39 is 6.10 Å². The molecule has 2 aromatic rings. The van der Waals surface area contributed by atoms with Crippen molar-refractivity contribution in [2.75, 3.05) is 6.61 Å². The van der Waals surface area contributed by atoms with E-state index >= 15 is 0 Å². The summed E-state index contributed by atoms with van der Waals surface area (Å²) < 4.78 is 5.41. The molecule has 1 aliphatic rings. The van der Waals surface area contributed by atoms with Crippen molar-refractivity contribution in [2.24, 2.45) is 0 Å². The summed E-state index contributed by atoms with van der Waals surface area (Å²) in [6, 6.07) is 5.47. The van der Waals surface area contributed by atoms with Crippen LogP contribution in [0.2, 0.25) is 10.0 Å². The number of aliphatic hydroxyl groups is 1. The highest BCUT2D eigenvalue weighted by molar-refractivity contribution is 7.12. The van der Waals surface area contributed by atoms with Crippen LogP contribution in [0.25, 0.3) is 0 Å². The van der Waals surface area contributed by atoms with E-state index in [0.717, 1.165) is 17.7 Å². The van der Waals surface area contributed by atoms with Gasteiger partial charge in [-0.2, -0.15) is 0 Å². The molecule has 5 heteroatoms. The molecule has 1 aromatic carbocycles. The van der Waals surface area contributed by atoms with Crippen LogP contribution in [0.1, 0.15) is 40.3 Å². The number of thiophene rings is 1. The molecular weight excluding hydrogens is 327 g/mol. The molecule has 0 saturated carbocycles. The number of aryl methyl sites for hydroxylation is 2. The Kier molecular flexibility index (Phi) is 4.46. The van der Waals surface area contributed by atoms with Gasteiger partial charge in [0, 0.05) is 21.4 Å². The largest absolute Gasteiger partial charge is 0.492 e. The highest BCUT2D eigenvalue weighted by Crippen LogP contribution is 2.40. The second-order valence-electron chi connectivity index (χ2n) is 5.09. The van der Waals surface area contributed by atoms with Crippen LogP contribution in [-0.2, 0) is 12.8 Å². The van der Waals surface area contributed by atoms with E-state index in [2.05, 4.69) is 6.07 Å². The van der Waals surface area contributed by atoms with Crippen LogP contribution in [0.5, 0.6) is 5.75 Å². The van der Waals surface area contributed by atoms with Crippen LogP contribution < -0.4 is 4.74 Å². The molecule has 21 heavy (non-hydrogen) atoms. The first kappa shape index (κ1) is 15.2. The van der Waals surface area contributed by atoms with Crippen LogP contribution in [0.4, 0.5) is 0 Å². The molecule has 1 atom stereocenters. The lowest BCUT2D eigenvalue weighted by Gasteiger charge is -2.14. The fourth-order valence-electron chi connectivity index (χ4n) is 2.66. The summed E-state index contributed by atoms with van der Waals surface area (Å²) in [6.07, 6.45) is 2.70. The molecule has 0 amide bonds. The Bertz CT molecular complexity index is 645. The third kappa shape index (κ3) is 2.93. The van der Waals surface area contributed by atoms with Gasteiger partial charge in [-0.05, 0) is 43.9 Å². The van der Waals surface area contributed by atoms with Gasteiger partial charge in [0.25, 0.3) is 0 Å². The molecule has 0 aliphatic heterocycles. The van der Waals surface area contributed by atoms with Gasteiger partial charge in [-0.15, -0.1) is 11.3 Å². The number of ether oxygens (including phenoxy) is 1. The van der Waals surface area contributed by atoms with Crippen molar-refractivity contribution < 1.29 is 9.84 Å². The first-order chi connectivity index (χ1) is 10.1. The maximum absolute atomic E-state index is 10.6. The van der Waals surface area contributed by atoms with Crippen molar-refractivity contribution in [1.29, 1.82) is 0 Å². The monoisotopic (exact) mass is 342 g/mol. The molecule has 112 valence electrons. The van der Waals surface area contributed by atoms with Gasteiger partial charge in [-0.3, -0.25) is 0 Å². The topological polar surface area (TPSA) is 29.5 Å². The van der Waals surface area contributed by atoms with E-state index in [4.69, 9.17) is 27.9 Å². The number of benzene rings is 1. The maximum Gasteiger partial charge on any atom is 0.139 e. The van der Waals surface area contributed by atoms with Crippen LogP contribution in [0.3, 0.4) is 0 Å². The van der Waals surface area contributed by atoms with E-state index in [1.807, 2.05) is 6.92 Å². The summed E-state index contributed by atoms with van der Waals surface area (Å²) in [5.74, 6) is 0.550. The average molecular weight is 343 g/mol. The van der Waals surface area contributed by atoms with Gasteiger partial charge < -0.3 is 9.84 Å². The Labute approximate surface area is 138 Å². The van der Waals surface area contributed by atoms with Gasteiger partial charge in [0.2, 0.25) is 0 Å². The smallest absolute Gasteiger partial charge is 0.139 e.